The molecule has 0 unspecified atom stereocenters. The van der Waals surface area contributed by atoms with E-state index < -0.39 is 11.4 Å². The van der Waals surface area contributed by atoms with Gasteiger partial charge >= 0.3 is 5.63 Å². The number of methoxy groups -OCH3 is 1. The smallest absolute Gasteiger partial charge is 0.336 e. The van der Waals surface area contributed by atoms with Crippen LogP contribution >= 0.6 is 0 Å². The Morgan fingerprint density at radius 1 is 1.16 bits per heavy atom. The van der Waals surface area contributed by atoms with Crippen molar-refractivity contribution in [3.63, 3.8) is 0 Å². The number of fused-ring (bicyclic) bond motifs is 1. The molecule has 0 radical (unpaired) electrons. The summed E-state index contributed by atoms with van der Waals surface area (Å²) >= 11 is 0. The summed E-state index contributed by atoms with van der Waals surface area (Å²) < 4.78 is 23.5. The number of nitrogens with one attached hydrogen (secondary N) is 1. The van der Waals surface area contributed by atoms with Gasteiger partial charge in [0.15, 0.2) is 11.6 Å². The first-order chi connectivity index (χ1) is 12.0. The minimum atomic E-state index is -0.499. The Morgan fingerprint density at radius 2 is 2.00 bits per heavy atom. The molecule has 0 aliphatic carbocycles. The molecule has 1 heterocycles. The zero-order chi connectivity index (χ0) is 17.8. The van der Waals surface area contributed by atoms with Crippen molar-refractivity contribution in [2.45, 2.75) is 0 Å². The van der Waals surface area contributed by atoms with Gasteiger partial charge in [0.1, 0.15) is 5.58 Å². The normalized spacial score (nSPS) is 11.0. The van der Waals surface area contributed by atoms with E-state index in [1.165, 1.54) is 37.5 Å². The molecular formula is C19H14FNO4. The van der Waals surface area contributed by atoms with Crippen molar-refractivity contribution in [1.29, 1.82) is 0 Å². The highest BCUT2D eigenvalue weighted by Crippen LogP contribution is 2.19. The third-order valence-electron chi connectivity index (χ3n) is 3.49. The van der Waals surface area contributed by atoms with Crippen LogP contribution in [0.1, 0.15) is 5.56 Å². The van der Waals surface area contributed by atoms with Crippen molar-refractivity contribution in [2.75, 3.05) is 12.4 Å². The van der Waals surface area contributed by atoms with E-state index in [9.17, 15) is 14.0 Å². The molecule has 5 nitrogen and oxygen atoms in total. The lowest BCUT2D eigenvalue weighted by atomic mass is 10.2. The fourth-order valence-electron chi connectivity index (χ4n) is 2.29. The summed E-state index contributed by atoms with van der Waals surface area (Å²) in [6, 6.07) is 12.3. The minimum absolute atomic E-state index is 0.143. The summed E-state index contributed by atoms with van der Waals surface area (Å²) in [4.78, 5) is 23.1. The van der Waals surface area contributed by atoms with Gasteiger partial charge in [-0.15, -0.1) is 0 Å². The molecule has 25 heavy (non-hydrogen) atoms. The van der Waals surface area contributed by atoms with E-state index in [4.69, 9.17) is 9.15 Å². The number of carbonyl (C=O) groups is 1. The molecule has 0 aliphatic heterocycles. The van der Waals surface area contributed by atoms with Crippen molar-refractivity contribution in [2.24, 2.45) is 0 Å². The molecule has 0 atom stereocenters. The SMILES string of the molecule is COc1ccc(/C=C/C(=O)Nc2ccc3oc(=O)ccc3c2)cc1F. The van der Waals surface area contributed by atoms with E-state index >= 15 is 0 Å². The van der Waals surface area contributed by atoms with E-state index in [1.807, 2.05) is 0 Å². The molecule has 2 aromatic carbocycles. The molecule has 1 aromatic heterocycles. The number of halogens is 1. The number of anilines is 1. The molecule has 6 heteroatoms. The van der Waals surface area contributed by atoms with Crippen molar-refractivity contribution < 1.29 is 18.3 Å². The fourth-order valence-corrected chi connectivity index (χ4v) is 2.29. The van der Waals surface area contributed by atoms with Crippen LogP contribution in [0, 0.1) is 5.82 Å². The zero-order valence-corrected chi connectivity index (χ0v) is 13.3. The molecule has 3 aromatic rings. The standard InChI is InChI=1S/C19H14FNO4/c1-24-17-6-2-12(10-15(17)20)3-8-18(22)21-14-5-7-16-13(11-14)4-9-19(23)25-16/h2-11H,1H3,(H,21,22)/b8-3+. The first-order valence-electron chi connectivity index (χ1n) is 7.42. The maximum Gasteiger partial charge on any atom is 0.336 e. The van der Waals surface area contributed by atoms with Gasteiger partial charge in [0.05, 0.1) is 7.11 Å². The number of ether oxygens (including phenoxy) is 1. The maximum atomic E-state index is 13.6. The Balaban J connectivity index is 1.72. The van der Waals surface area contributed by atoms with Crippen molar-refractivity contribution in [1.82, 2.24) is 0 Å². The Morgan fingerprint density at radius 3 is 2.76 bits per heavy atom. The lowest BCUT2D eigenvalue weighted by molar-refractivity contribution is -0.111. The number of benzene rings is 2. The molecule has 3 rings (SSSR count). The topological polar surface area (TPSA) is 68.5 Å². The van der Waals surface area contributed by atoms with Gasteiger partial charge in [-0.25, -0.2) is 9.18 Å². The van der Waals surface area contributed by atoms with Gasteiger partial charge in [-0.1, -0.05) is 6.07 Å². The quantitative estimate of drug-likeness (QED) is 0.582. The average Bonchev–Trinajstić information content (AvgIpc) is 2.60. The van der Waals surface area contributed by atoms with Crippen LogP contribution in [-0.2, 0) is 4.79 Å². The first kappa shape index (κ1) is 16.4. The second kappa shape index (κ2) is 7.00. The summed E-state index contributed by atoms with van der Waals surface area (Å²) in [7, 11) is 1.39. The van der Waals surface area contributed by atoms with E-state index in [1.54, 1.807) is 30.3 Å². The third kappa shape index (κ3) is 3.92. The van der Waals surface area contributed by atoms with E-state index in [0.29, 0.717) is 22.2 Å². The lowest BCUT2D eigenvalue weighted by Crippen LogP contribution is -2.07. The maximum absolute atomic E-state index is 13.6. The van der Waals surface area contributed by atoms with Crippen LogP contribution in [-0.4, -0.2) is 13.0 Å². The summed E-state index contributed by atoms with van der Waals surface area (Å²) in [5, 5.41) is 3.39. The summed E-state index contributed by atoms with van der Waals surface area (Å²) in [5.41, 5.74) is 1.10. The van der Waals surface area contributed by atoms with Crippen LogP contribution in [0.4, 0.5) is 10.1 Å². The van der Waals surface area contributed by atoms with Crippen LogP contribution in [0.25, 0.3) is 17.0 Å². The number of hydrogen-bond acceptors (Lipinski definition) is 4. The second-order valence-corrected chi connectivity index (χ2v) is 5.22. The number of rotatable bonds is 4. The Kier molecular flexibility index (Phi) is 4.61. The predicted octanol–water partition coefficient (Wildman–Crippen LogP) is 3.59. The van der Waals surface area contributed by atoms with Crippen LogP contribution in [0.3, 0.4) is 0 Å². The fraction of sp³-hybridized carbons (Fsp3) is 0.0526. The monoisotopic (exact) mass is 339 g/mol. The molecule has 1 N–H and O–H groups in total. The van der Waals surface area contributed by atoms with Gasteiger partial charge in [0.2, 0.25) is 5.91 Å². The van der Waals surface area contributed by atoms with Crippen molar-refractivity contribution >= 4 is 28.6 Å². The van der Waals surface area contributed by atoms with Crippen LogP contribution in [0.15, 0.2) is 63.8 Å². The highest BCUT2D eigenvalue weighted by Gasteiger charge is 2.04. The molecule has 126 valence electrons. The van der Waals surface area contributed by atoms with Crippen molar-refractivity contribution in [3.05, 3.63) is 76.4 Å². The van der Waals surface area contributed by atoms with Gasteiger partial charge in [0, 0.05) is 23.2 Å². The van der Waals surface area contributed by atoms with Gasteiger partial charge < -0.3 is 14.5 Å². The highest BCUT2D eigenvalue weighted by atomic mass is 19.1. The average molecular weight is 339 g/mol. The van der Waals surface area contributed by atoms with Crippen molar-refractivity contribution in [3.8, 4) is 5.75 Å². The van der Waals surface area contributed by atoms with E-state index in [-0.39, 0.29) is 11.7 Å². The lowest BCUT2D eigenvalue weighted by Gasteiger charge is -2.04. The third-order valence-corrected chi connectivity index (χ3v) is 3.49. The van der Waals surface area contributed by atoms with E-state index in [2.05, 4.69) is 5.32 Å². The Hall–Kier alpha value is -3.41. The number of amides is 1. The highest BCUT2D eigenvalue weighted by molar-refractivity contribution is 6.02. The molecule has 0 saturated carbocycles. The zero-order valence-electron chi connectivity index (χ0n) is 13.3. The first-order valence-corrected chi connectivity index (χ1v) is 7.42. The largest absolute Gasteiger partial charge is 0.494 e. The molecular weight excluding hydrogens is 325 g/mol. The molecule has 0 bridgehead atoms. The number of hydrogen-bond donors (Lipinski definition) is 1. The van der Waals surface area contributed by atoms with Crippen LogP contribution in [0.2, 0.25) is 0 Å². The van der Waals surface area contributed by atoms with Gasteiger partial charge in [0.25, 0.3) is 0 Å². The van der Waals surface area contributed by atoms with Gasteiger partial charge in [-0.2, -0.15) is 0 Å². The van der Waals surface area contributed by atoms with Crippen LogP contribution in [0.5, 0.6) is 5.75 Å². The van der Waals surface area contributed by atoms with Gasteiger partial charge in [-0.3, -0.25) is 4.79 Å². The Bertz CT molecular complexity index is 1020. The molecule has 0 aliphatic rings. The molecule has 0 fully saturated rings. The predicted molar refractivity (Wildman–Crippen MR) is 93.1 cm³/mol. The van der Waals surface area contributed by atoms with Gasteiger partial charge in [-0.05, 0) is 48.0 Å². The summed E-state index contributed by atoms with van der Waals surface area (Å²) in [5.74, 6) is -0.724. The second-order valence-electron chi connectivity index (χ2n) is 5.22. The summed E-state index contributed by atoms with van der Waals surface area (Å²) in [6.07, 6.45) is 2.80. The van der Waals surface area contributed by atoms with E-state index in [0.717, 1.165) is 0 Å². The molecule has 1 amide bonds. The van der Waals surface area contributed by atoms with Crippen LogP contribution < -0.4 is 15.7 Å². The number of carbonyl (C=O) groups excluding carboxylic acids is 1. The minimum Gasteiger partial charge on any atom is -0.494 e. The Labute approximate surface area is 142 Å². The molecule has 0 saturated heterocycles. The molecule has 0 spiro atoms. The summed E-state index contributed by atoms with van der Waals surface area (Å²) in [6.45, 7) is 0.